The molecule has 0 fully saturated rings. The molecule has 0 saturated carbocycles. The minimum absolute atomic E-state index is 0.718. The maximum Gasteiger partial charge on any atom is 0.190 e. The van der Waals surface area contributed by atoms with Gasteiger partial charge in [0.2, 0.25) is 0 Å². The summed E-state index contributed by atoms with van der Waals surface area (Å²) in [6.07, 6.45) is 4.90. The van der Waals surface area contributed by atoms with Gasteiger partial charge in [-0.3, -0.25) is 5.10 Å². The molecule has 0 amide bonds. The summed E-state index contributed by atoms with van der Waals surface area (Å²) in [5.74, 6) is 0.718. The highest BCUT2D eigenvalue weighted by Crippen LogP contribution is 1.86. The molecule has 0 aliphatic carbocycles. The first-order valence-electron chi connectivity index (χ1n) is 3.61. The molecule has 0 spiro atoms. The van der Waals surface area contributed by atoms with Crippen molar-refractivity contribution in [1.29, 1.82) is 0 Å². The van der Waals surface area contributed by atoms with Crippen LogP contribution in [0.4, 0.5) is 0 Å². The zero-order valence-electron chi connectivity index (χ0n) is 7.11. The van der Waals surface area contributed by atoms with Gasteiger partial charge in [-0.15, -0.1) is 0 Å². The first kappa shape index (κ1) is 8.52. The molecule has 2 aromatic heterocycles. The van der Waals surface area contributed by atoms with Gasteiger partial charge in [0.25, 0.3) is 0 Å². The van der Waals surface area contributed by atoms with Crippen LogP contribution in [-0.4, -0.2) is 15.2 Å². The van der Waals surface area contributed by atoms with Gasteiger partial charge in [-0.25, -0.2) is 4.98 Å². The second-order valence-corrected chi connectivity index (χ2v) is 2.29. The van der Waals surface area contributed by atoms with Crippen molar-refractivity contribution in [3.05, 3.63) is 36.3 Å². The number of H-pyrrole nitrogens is 1. The Hall–Kier alpha value is -1.58. The van der Waals surface area contributed by atoms with Gasteiger partial charge in [0.15, 0.2) is 5.89 Å². The standard InChI is InChI=1S/C4H6N2.C4H5NO/c1-4-2-3-5-6-4;1-4-5-2-3-6-4/h2-3H,1H3,(H,5,6);2-3H,1H3. The van der Waals surface area contributed by atoms with Crippen LogP contribution in [0.2, 0.25) is 0 Å². The number of rotatable bonds is 0. The topological polar surface area (TPSA) is 54.7 Å². The van der Waals surface area contributed by atoms with Gasteiger partial charge < -0.3 is 4.42 Å². The van der Waals surface area contributed by atoms with E-state index < -0.39 is 0 Å². The van der Waals surface area contributed by atoms with Gasteiger partial charge in [0, 0.05) is 18.8 Å². The Morgan fingerprint density at radius 2 is 2.17 bits per heavy atom. The van der Waals surface area contributed by atoms with Crippen molar-refractivity contribution in [1.82, 2.24) is 15.2 Å². The zero-order chi connectivity index (χ0) is 8.81. The fourth-order valence-electron chi connectivity index (χ4n) is 0.620. The van der Waals surface area contributed by atoms with Crippen LogP contribution in [0, 0.1) is 13.8 Å². The summed E-state index contributed by atoms with van der Waals surface area (Å²) < 4.78 is 4.72. The minimum atomic E-state index is 0.718. The van der Waals surface area contributed by atoms with Crippen molar-refractivity contribution >= 4 is 0 Å². The quantitative estimate of drug-likeness (QED) is 0.646. The van der Waals surface area contributed by atoms with Crippen LogP contribution >= 0.6 is 0 Å². The van der Waals surface area contributed by atoms with E-state index in [1.54, 1.807) is 25.6 Å². The van der Waals surface area contributed by atoms with Gasteiger partial charge in [0.05, 0.1) is 6.20 Å². The predicted octanol–water partition coefficient (Wildman–Crippen LogP) is 1.70. The number of aryl methyl sites for hydroxylation is 2. The summed E-state index contributed by atoms with van der Waals surface area (Å²) in [6, 6.07) is 1.92. The number of nitrogens with one attached hydrogen (secondary N) is 1. The van der Waals surface area contributed by atoms with Crippen LogP contribution in [0.3, 0.4) is 0 Å². The predicted molar refractivity (Wildman–Crippen MR) is 44.6 cm³/mol. The highest BCUT2D eigenvalue weighted by molar-refractivity contribution is 4.91. The lowest BCUT2D eigenvalue weighted by Gasteiger charge is -1.68. The van der Waals surface area contributed by atoms with E-state index in [4.69, 9.17) is 4.42 Å². The molecule has 4 heteroatoms. The molecule has 0 saturated heterocycles. The Balaban J connectivity index is 0.000000120. The number of oxazole rings is 1. The second kappa shape index (κ2) is 4.33. The Kier molecular flexibility index (Phi) is 3.07. The third-order valence-electron chi connectivity index (χ3n) is 1.20. The monoisotopic (exact) mass is 165 g/mol. The number of nitrogens with zero attached hydrogens (tertiary/aromatic N) is 2. The van der Waals surface area contributed by atoms with Gasteiger partial charge >= 0.3 is 0 Å². The molecule has 0 unspecified atom stereocenters. The molecular formula is C8H11N3O. The maximum atomic E-state index is 4.72. The molecule has 0 aliphatic heterocycles. The second-order valence-electron chi connectivity index (χ2n) is 2.29. The molecule has 0 aliphatic rings. The molecule has 2 rings (SSSR count). The van der Waals surface area contributed by atoms with E-state index in [2.05, 4.69) is 15.2 Å². The van der Waals surface area contributed by atoms with E-state index in [1.165, 1.54) is 0 Å². The molecule has 0 aromatic carbocycles. The number of aromatic nitrogens is 3. The van der Waals surface area contributed by atoms with Gasteiger partial charge in [-0.2, -0.15) is 5.10 Å². The zero-order valence-corrected chi connectivity index (χ0v) is 7.11. The first-order valence-corrected chi connectivity index (χ1v) is 3.61. The van der Waals surface area contributed by atoms with Crippen molar-refractivity contribution < 1.29 is 4.42 Å². The van der Waals surface area contributed by atoms with Crippen LogP contribution in [-0.2, 0) is 0 Å². The summed E-state index contributed by atoms with van der Waals surface area (Å²) in [5, 5.41) is 6.45. The highest BCUT2D eigenvalue weighted by Gasteiger charge is 1.77. The Morgan fingerprint density at radius 1 is 1.33 bits per heavy atom. The third-order valence-corrected chi connectivity index (χ3v) is 1.20. The lowest BCUT2D eigenvalue weighted by molar-refractivity contribution is 0.521. The molecule has 4 nitrogen and oxygen atoms in total. The average molecular weight is 165 g/mol. The van der Waals surface area contributed by atoms with E-state index in [-0.39, 0.29) is 0 Å². The molecule has 0 atom stereocenters. The smallest absolute Gasteiger partial charge is 0.190 e. The average Bonchev–Trinajstić information content (AvgIpc) is 2.63. The van der Waals surface area contributed by atoms with Crippen molar-refractivity contribution in [3.8, 4) is 0 Å². The molecular weight excluding hydrogens is 154 g/mol. The van der Waals surface area contributed by atoms with Crippen molar-refractivity contribution in [2.75, 3.05) is 0 Å². The molecule has 2 aromatic rings. The molecule has 2 heterocycles. The van der Waals surface area contributed by atoms with E-state index >= 15 is 0 Å². The Morgan fingerprint density at radius 3 is 2.33 bits per heavy atom. The SMILES string of the molecule is Cc1ccn[nH]1.Cc1ncco1. The summed E-state index contributed by atoms with van der Waals surface area (Å²) in [5.41, 5.74) is 1.11. The molecule has 12 heavy (non-hydrogen) atoms. The Labute approximate surface area is 70.6 Å². The van der Waals surface area contributed by atoms with Crippen LogP contribution in [0.25, 0.3) is 0 Å². The maximum absolute atomic E-state index is 4.72. The van der Waals surface area contributed by atoms with E-state index in [0.717, 1.165) is 11.6 Å². The summed E-state index contributed by atoms with van der Waals surface area (Å²) >= 11 is 0. The molecule has 1 N–H and O–H groups in total. The number of hydrogen-bond acceptors (Lipinski definition) is 3. The Bertz CT molecular complexity index is 254. The van der Waals surface area contributed by atoms with Crippen LogP contribution in [0.5, 0.6) is 0 Å². The fourth-order valence-corrected chi connectivity index (χ4v) is 0.620. The van der Waals surface area contributed by atoms with Crippen molar-refractivity contribution in [2.45, 2.75) is 13.8 Å². The fraction of sp³-hybridized carbons (Fsp3) is 0.250. The van der Waals surface area contributed by atoms with E-state index in [0.29, 0.717) is 0 Å². The van der Waals surface area contributed by atoms with Crippen LogP contribution in [0.1, 0.15) is 11.6 Å². The van der Waals surface area contributed by atoms with E-state index in [9.17, 15) is 0 Å². The molecule has 0 bridgehead atoms. The van der Waals surface area contributed by atoms with Crippen molar-refractivity contribution in [2.24, 2.45) is 0 Å². The van der Waals surface area contributed by atoms with Gasteiger partial charge in [0.1, 0.15) is 6.26 Å². The van der Waals surface area contributed by atoms with Gasteiger partial charge in [-0.1, -0.05) is 0 Å². The summed E-state index contributed by atoms with van der Waals surface area (Å²) in [6.45, 7) is 3.77. The minimum Gasteiger partial charge on any atom is -0.449 e. The molecule has 64 valence electrons. The van der Waals surface area contributed by atoms with E-state index in [1.807, 2.05) is 13.0 Å². The van der Waals surface area contributed by atoms with Gasteiger partial charge in [-0.05, 0) is 13.0 Å². The lowest BCUT2D eigenvalue weighted by atomic mass is 10.5. The van der Waals surface area contributed by atoms with Crippen LogP contribution in [0.15, 0.2) is 29.1 Å². The van der Waals surface area contributed by atoms with Crippen LogP contribution < -0.4 is 0 Å². The third kappa shape index (κ3) is 3.01. The lowest BCUT2D eigenvalue weighted by Crippen LogP contribution is -1.65. The number of aromatic amines is 1. The largest absolute Gasteiger partial charge is 0.449 e. The first-order chi connectivity index (χ1) is 5.79. The normalized spacial score (nSPS) is 8.83. The highest BCUT2D eigenvalue weighted by atomic mass is 16.3. The summed E-state index contributed by atoms with van der Waals surface area (Å²) in [7, 11) is 0. The summed E-state index contributed by atoms with van der Waals surface area (Å²) in [4.78, 5) is 3.75. The number of hydrogen-bond donors (Lipinski definition) is 1. The van der Waals surface area contributed by atoms with Crippen molar-refractivity contribution in [3.63, 3.8) is 0 Å². The molecule has 0 radical (unpaired) electrons.